The monoisotopic (exact) mass is 615 g/mol. The van der Waals surface area contributed by atoms with Crippen LogP contribution in [0.25, 0.3) is 0 Å². The minimum atomic E-state index is -1.75. The zero-order valence-corrected chi connectivity index (χ0v) is 26.2. The molecule has 11 heteroatoms. The molecule has 4 atom stereocenters. The van der Waals surface area contributed by atoms with Gasteiger partial charge in [-0.25, -0.2) is 18.4 Å². The normalized spacial score (nSPS) is 18.8. The Morgan fingerprint density at radius 3 is 2.16 bits per heavy atom. The number of halogens is 2. The first-order valence-electron chi connectivity index (χ1n) is 14.5. The van der Waals surface area contributed by atoms with E-state index in [1.54, 1.807) is 47.6 Å². The number of hydrogen-bond donors (Lipinski definition) is 2. The Morgan fingerprint density at radius 2 is 1.61 bits per heavy atom. The Hall–Kier alpha value is -3.99. The average molecular weight is 616 g/mol. The molecule has 1 heterocycles. The van der Waals surface area contributed by atoms with Gasteiger partial charge in [-0.2, -0.15) is 0 Å². The first-order chi connectivity index (χ1) is 20.5. The second kappa shape index (κ2) is 14.2. The Morgan fingerprint density at radius 1 is 1.02 bits per heavy atom. The maximum absolute atomic E-state index is 14.2. The molecule has 2 N–H and O–H groups in total. The molecule has 0 saturated carbocycles. The van der Waals surface area contributed by atoms with E-state index >= 15 is 0 Å². The first-order valence-corrected chi connectivity index (χ1v) is 14.5. The van der Waals surface area contributed by atoms with Crippen LogP contribution in [-0.2, 0) is 27.2 Å². The summed E-state index contributed by atoms with van der Waals surface area (Å²) < 4.78 is 39.4. The van der Waals surface area contributed by atoms with Gasteiger partial charge in [-0.15, -0.1) is 6.58 Å². The highest BCUT2D eigenvalue weighted by Gasteiger charge is 2.50. The number of ether oxygens (including phenoxy) is 2. The Balaban J connectivity index is 2.10. The predicted octanol–water partition coefficient (Wildman–Crippen LogP) is 5.35. The van der Waals surface area contributed by atoms with Crippen LogP contribution < -0.4 is 5.32 Å². The molecule has 9 nitrogen and oxygen atoms in total. The molecule has 3 rings (SSSR count). The van der Waals surface area contributed by atoms with Crippen LogP contribution in [0.5, 0.6) is 0 Å². The Bertz CT molecular complexity index is 1300. The van der Waals surface area contributed by atoms with Crippen LogP contribution in [0, 0.1) is 11.6 Å². The van der Waals surface area contributed by atoms with Crippen molar-refractivity contribution in [1.82, 2.24) is 15.1 Å². The van der Waals surface area contributed by atoms with E-state index in [-0.39, 0.29) is 31.5 Å². The van der Waals surface area contributed by atoms with Gasteiger partial charge in [-0.05, 0) is 77.6 Å². The van der Waals surface area contributed by atoms with Gasteiger partial charge in [0.1, 0.15) is 35.0 Å². The summed E-state index contributed by atoms with van der Waals surface area (Å²) in [6.07, 6.45) is -1.93. The van der Waals surface area contributed by atoms with E-state index in [4.69, 9.17) is 9.47 Å². The van der Waals surface area contributed by atoms with E-state index in [9.17, 15) is 28.3 Å². The molecular formula is C33H43F2N3O6. The summed E-state index contributed by atoms with van der Waals surface area (Å²) in [7, 11) is 0. The molecule has 0 bridgehead atoms. The summed E-state index contributed by atoms with van der Waals surface area (Å²) in [5.74, 6) is -2.29. The smallest absolute Gasteiger partial charge is 0.411 e. The van der Waals surface area contributed by atoms with Crippen LogP contribution in [0.15, 0.2) is 61.2 Å². The van der Waals surface area contributed by atoms with Gasteiger partial charge in [0.2, 0.25) is 5.91 Å². The number of hydrogen-bond acceptors (Lipinski definition) is 6. The molecule has 1 fully saturated rings. The Kier molecular flexibility index (Phi) is 11.1. The van der Waals surface area contributed by atoms with Crippen LogP contribution in [0.1, 0.15) is 59.1 Å². The molecule has 1 aliphatic rings. The number of piperazine rings is 1. The van der Waals surface area contributed by atoms with Crippen LogP contribution in [-0.4, -0.2) is 75.0 Å². The summed E-state index contributed by atoms with van der Waals surface area (Å²) in [5, 5.41) is 14.5. The molecule has 1 aliphatic heterocycles. The van der Waals surface area contributed by atoms with Gasteiger partial charge in [0.05, 0.1) is 12.1 Å². The zero-order valence-electron chi connectivity index (χ0n) is 26.2. The van der Waals surface area contributed by atoms with Gasteiger partial charge >= 0.3 is 12.2 Å². The standard InChI is InChI=1S/C33H43F2N3O6/c1-8-12-25-20-37(19-21-13-10-9-11-14-21)29(40)27(38(25)31(42)44-33(5,6)7)28(39)26(36-30(41)43-32(2,3)4)17-22-15-23(34)18-24(35)16-22/h8-11,13-16,18,25-28,39H,1,12,17,19-20H2,2-7H3,(H,36,41)/t25-,26-,27-,28?/m0/s1. The van der Waals surface area contributed by atoms with Crippen LogP contribution in [0.4, 0.5) is 18.4 Å². The van der Waals surface area contributed by atoms with Crippen molar-refractivity contribution in [1.29, 1.82) is 0 Å². The van der Waals surface area contributed by atoms with Crippen molar-refractivity contribution < 1.29 is 37.7 Å². The maximum atomic E-state index is 14.2. The molecule has 2 aromatic carbocycles. The molecule has 2 aromatic rings. The van der Waals surface area contributed by atoms with Crippen molar-refractivity contribution in [3.05, 3.63) is 83.9 Å². The van der Waals surface area contributed by atoms with E-state index in [2.05, 4.69) is 11.9 Å². The van der Waals surface area contributed by atoms with E-state index in [1.807, 2.05) is 30.3 Å². The maximum Gasteiger partial charge on any atom is 0.411 e. The minimum absolute atomic E-state index is 0.110. The van der Waals surface area contributed by atoms with Crippen molar-refractivity contribution >= 4 is 18.1 Å². The lowest BCUT2D eigenvalue weighted by Gasteiger charge is -2.48. The summed E-state index contributed by atoms with van der Waals surface area (Å²) in [6.45, 7) is 14.1. The molecule has 0 spiro atoms. The lowest BCUT2D eigenvalue weighted by Crippen LogP contribution is -2.69. The average Bonchev–Trinajstić information content (AvgIpc) is 2.87. The fourth-order valence-electron chi connectivity index (χ4n) is 5.10. The highest BCUT2D eigenvalue weighted by Crippen LogP contribution is 2.28. The third kappa shape index (κ3) is 9.77. The highest BCUT2D eigenvalue weighted by molar-refractivity contribution is 5.88. The van der Waals surface area contributed by atoms with Gasteiger partial charge in [0, 0.05) is 19.2 Å². The number of rotatable bonds is 9. The van der Waals surface area contributed by atoms with E-state index < -0.39 is 65.2 Å². The first kappa shape index (κ1) is 34.5. The molecule has 44 heavy (non-hydrogen) atoms. The lowest BCUT2D eigenvalue weighted by atomic mass is 9.91. The SMILES string of the molecule is C=CC[C@H]1CN(Cc2ccccc2)C(=O)[C@H](C(O)[C@H](Cc2cc(F)cc(F)c2)NC(=O)OC(C)(C)C)N1C(=O)OC(C)(C)C. The molecule has 0 aliphatic carbocycles. The second-order valence-electron chi connectivity index (χ2n) is 12.9. The van der Waals surface area contributed by atoms with Crippen LogP contribution >= 0.6 is 0 Å². The number of nitrogens with one attached hydrogen (secondary N) is 1. The number of aliphatic hydroxyl groups is 1. The molecule has 0 aromatic heterocycles. The van der Waals surface area contributed by atoms with Crippen LogP contribution in [0.2, 0.25) is 0 Å². The van der Waals surface area contributed by atoms with E-state index in [0.29, 0.717) is 6.07 Å². The third-order valence-electron chi connectivity index (χ3n) is 6.76. The summed E-state index contributed by atoms with van der Waals surface area (Å²) in [5.41, 5.74) is -0.896. The van der Waals surface area contributed by atoms with E-state index in [1.165, 1.54) is 9.80 Å². The fourth-order valence-corrected chi connectivity index (χ4v) is 5.10. The predicted molar refractivity (Wildman–Crippen MR) is 162 cm³/mol. The van der Waals surface area contributed by atoms with Gasteiger partial charge in [-0.1, -0.05) is 36.4 Å². The zero-order chi connectivity index (χ0) is 32.8. The molecular weight excluding hydrogens is 572 g/mol. The number of amides is 3. The molecule has 3 amide bonds. The topological polar surface area (TPSA) is 108 Å². The van der Waals surface area contributed by atoms with Crippen molar-refractivity contribution in [3.63, 3.8) is 0 Å². The second-order valence-corrected chi connectivity index (χ2v) is 12.9. The number of alkyl carbamates (subject to hydrolysis) is 1. The van der Waals surface area contributed by atoms with Crippen molar-refractivity contribution in [2.24, 2.45) is 0 Å². The van der Waals surface area contributed by atoms with Gasteiger partial charge in [0.25, 0.3) is 0 Å². The van der Waals surface area contributed by atoms with E-state index in [0.717, 1.165) is 17.7 Å². The third-order valence-corrected chi connectivity index (χ3v) is 6.76. The number of carbonyl (C=O) groups excluding carboxylic acids is 3. The summed E-state index contributed by atoms with van der Waals surface area (Å²) in [4.78, 5) is 43.5. The fraction of sp³-hybridized carbons (Fsp3) is 0.485. The number of benzene rings is 2. The van der Waals surface area contributed by atoms with Gasteiger partial charge in [0.15, 0.2) is 0 Å². The van der Waals surface area contributed by atoms with Gasteiger partial charge < -0.3 is 24.8 Å². The highest BCUT2D eigenvalue weighted by atomic mass is 19.1. The largest absolute Gasteiger partial charge is 0.444 e. The summed E-state index contributed by atoms with van der Waals surface area (Å²) in [6, 6.07) is 8.57. The molecule has 1 saturated heterocycles. The quantitative estimate of drug-likeness (QED) is 0.368. The summed E-state index contributed by atoms with van der Waals surface area (Å²) >= 11 is 0. The number of aliphatic hydroxyl groups excluding tert-OH is 1. The number of nitrogens with zero attached hydrogens (tertiary/aromatic N) is 2. The van der Waals surface area contributed by atoms with Crippen LogP contribution in [0.3, 0.4) is 0 Å². The molecule has 0 radical (unpaired) electrons. The van der Waals surface area contributed by atoms with Crippen molar-refractivity contribution in [2.45, 2.75) is 96.4 Å². The van der Waals surface area contributed by atoms with Gasteiger partial charge in [-0.3, -0.25) is 9.69 Å². The number of carbonyl (C=O) groups is 3. The lowest BCUT2D eigenvalue weighted by molar-refractivity contribution is -0.152. The Labute approximate surface area is 257 Å². The van der Waals surface area contributed by atoms with Crippen molar-refractivity contribution in [2.75, 3.05) is 6.54 Å². The molecule has 240 valence electrons. The molecule has 1 unspecified atom stereocenters. The van der Waals surface area contributed by atoms with Crippen molar-refractivity contribution in [3.8, 4) is 0 Å². The minimum Gasteiger partial charge on any atom is -0.444 e.